The summed E-state index contributed by atoms with van der Waals surface area (Å²) in [5.41, 5.74) is 8.06. The third kappa shape index (κ3) is 3.99. The first-order chi connectivity index (χ1) is 14.1. The topological polar surface area (TPSA) is 113 Å². The Labute approximate surface area is 172 Å². The van der Waals surface area contributed by atoms with Crippen LogP contribution in [-0.2, 0) is 16.0 Å². The third-order valence-electron chi connectivity index (χ3n) is 5.17. The summed E-state index contributed by atoms with van der Waals surface area (Å²) in [5, 5.41) is 9.87. The number of benzene rings is 1. The molecule has 2 aliphatic rings. The summed E-state index contributed by atoms with van der Waals surface area (Å²) in [7, 11) is 0. The van der Waals surface area contributed by atoms with Gasteiger partial charge in [-0.3, -0.25) is 14.6 Å². The summed E-state index contributed by atoms with van der Waals surface area (Å²) >= 11 is 1.55. The summed E-state index contributed by atoms with van der Waals surface area (Å²) in [6.07, 6.45) is 0.0280. The van der Waals surface area contributed by atoms with E-state index in [0.29, 0.717) is 47.0 Å². The van der Waals surface area contributed by atoms with E-state index in [1.165, 1.54) is 0 Å². The second kappa shape index (κ2) is 8.27. The molecule has 2 aliphatic heterocycles. The lowest BCUT2D eigenvalue weighted by molar-refractivity contribution is -0.130. The number of primary amides is 1. The molecule has 4 rings (SSSR count). The van der Waals surface area contributed by atoms with Crippen molar-refractivity contribution in [2.75, 3.05) is 42.8 Å². The SMILES string of the molecule is N#C[C@@H]1CSCN1C(=O)Cc1cc(C(N)=O)c2cc(N3CCOCC3)ccc2n1. The Morgan fingerprint density at radius 1 is 1.31 bits per heavy atom. The van der Waals surface area contributed by atoms with Crippen LogP contribution in [-0.4, -0.2) is 65.7 Å². The van der Waals surface area contributed by atoms with Gasteiger partial charge in [-0.2, -0.15) is 5.26 Å². The smallest absolute Gasteiger partial charge is 0.249 e. The molecule has 0 bridgehead atoms. The maximum absolute atomic E-state index is 12.6. The number of ether oxygens (including phenoxy) is 1. The number of nitrogens with two attached hydrogens (primary N) is 1. The molecule has 0 spiro atoms. The minimum Gasteiger partial charge on any atom is -0.378 e. The fourth-order valence-electron chi connectivity index (χ4n) is 3.63. The molecule has 8 nitrogen and oxygen atoms in total. The number of nitrogens with zero attached hydrogens (tertiary/aromatic N) is 4. The summed E-state index contributed by atoms with van der Waals surface area (Å²) < 4.78 is 5.40. The number of hydrogen-bond donors (Lipinski definition) is 1. The maximum atomic E-state index is 12.6. The van der Waals surface area contributed by atoms with Crippen LogP contribution in [0.2, 0.25) is 0 Å². The van der Waals surface area contributed by atoms with E-state index in [2.05, 4.69) is 16.0 Å². The minimum atomic E-state index is -0.558. The molecule has 0 radical (unpaired) electrons. The number of morpholine rings is 1. The van der Waals surface area contributed by atoms with Crippen molar-refractivity contribution in [3.05, 3.63) is 35.5 Å². The molecule has 2 saturated heterocycles. The van der Waals surface area contributed by atoms with Crippen LogP contribution >= 0.6 is 11.8 Å². The molecule has 150 valence electrons. The number of carbonyl (C=O) groups excluding carboxylic acids is 2. The van der Waals surface area contributed by atoms with Crippen molar-refractivity contribution in [1.29, 1.82) is 5.26 Å². The zero-order chi connectivity index (χ0) is 20.4. The van der Waals surface area contributed by atoms with Crippen LogP contribution in [0.15, 0.2) is 24.3 Å². The predicted molar refractivity (Wildman–Crippen MR) is 111 cm³/mol. The maximum Gasteiger partial charge on any atom is 0.249 e. The van der Waals surface area contributed by atoms with Crippen molar-refractivity contribution in [3.63, 3.8) is 0 Å². The highest BCUT2D eigenvalue weighted by Crippen LogP contribution is 2.26. The Kier molecular flexibility index (Phi) is 5.56. The normalized spacial score (nSPS) is 19.3. The Morgan fingerprint density at radius 2 is 2.10 bits per heavy atom. The van der Waals surface area contributed by atoms with Crippen molar-refractivity contribution < 1.29 is 14.3 Å². The molecule has 2 amide bonds. The van der Waals surface area contributed by atoms with E-state index in [0.717, 1.165) is 18.8 Å². The monoisotopic (exact) mass is 411 g/mol. The quantitative estimate of drug-likeness (QED) is 0.803. The van der Waals surface area contributed by atoms with E-state index in [9.17, 15) is 14.9 Å². The second-order valence-electron chi connectivity index (χ2n) is 7.01. The van der Waals surface area contributed by atoms with Crippen LogP contribution in [0.4, 0.5) is 5.69 Å². The number of carbonyl (C=O) groups is 2. The van der Waals surface area contributed by atoms with E-state index in [-0.39, 0.29) is 12.3 Å². The molecule has 0 unspecified atom stereocenters. The number of fused-ring (bicyclic) bond motifs is 1. The third-order valence-corrected chi connectivity index (χ3v) is 6.18. The Morgan fingerprint density at radius 3 is 2.83 bits per heavy atom. The lowest BCUT2D eigenvalue weighted by Crippen LogP contribution is -2.36. The predicted octanol–water partition coefficient (Wildman–Crippen LogP) is 1.14. The van der Waals surface area contributed by atoms with Gasteiger partial charge in [-0.05, 0) is 24.3 Å². The van der Waals surface area contributed by atoms with Crippen LogP contribution in [0, 0.1) is 11.3 Å². The van der Waals surface area contributed by atoms with Crippen LogP contribution in [0.25, 0.3) is 10.9 Å². The number of pyridine rings is 1. The van der Waals surface area contributed by atoms with Gasteiger partial charge in [0.05, 0.1) is 48.4 Å². The average molecular weight is 411 g/mol. The first-order valence-corrected chi connectivity index (χ1v) is 10.6. The highest BCUT2D eigenvalue weighted by molar-refractivity contribution is 7.99. The van der Waals surface area contributed by atoms with Crippen molar-refractivity contribution >= 4 is 40.2 Å². The fourth-order valence-corrected chi connectivity index (χ4v) is 4.74. The van der Waals surface area contributed by atoms with Crippen molar-refractivity contribution in [2.24, 2.45) is 5.73 Å². The van der Waals surface area contributed by atoms with Crippen LogP contribution < -0.4 is 10.6 Å². The molecule has 0 saturated carbocycles. The Hall–Kier alpha value is -2.83. The Balaban J connectivity index is 1.65. The van der Waals surface area contributed by atoms with Gasteiger partial charge in [-0.25, -0.2) is 0 Å². The Bertz CT molecular complexity index is 1000. The molecule has 2 fully saturated rings. The highest BCUT2D eigenvalue weighted by atomic mass is 32.2. The lowest BCUT2D eigenvalue weighted by atomic mass is 10.0. The molecule has 2 N–H and O–H groups in total. The summed E-state index contributed by atoms with van der Waals surface area (Å²) in [5.74, 6) is 0.381. The van der Waals surface area contributed by atoms with Crippen molar-refractivity contribution in [2.45, 2.75) is 12.5 Å². The van der Waals surface area contributed by atoms with Crippen LogP contribution in [0.5, 0.6) is 0 Å². The van der Waals surface area contributed by atoms with E-state index in [1.54, 1.807) is 22.7 Å². The number of amides is 2. The lowest BCUT2D eigenvalue weighted by Gasteiger charge is -2.29. The van der Waals surface area contributed by atoms with Gasteiger partial charge in [0.15, 0.2) is 0 Å². The van der Waals surface area contributed by atoms with Gasteiger partial charge in [0.2, 0.25) is 11.8 Å². The van der Waals surface area contributed by atoms with Gasteiger partial charge >= 0.3 is 0 Å². The molecule has 3 heterocycles. The molecule has 1 aromatic carbocycles. The summed E-state index contributed by atoms with van der Waals surface area (Å²) in [6.45, 7) is 2.90. The van der Waals surface area contributed by atoms with Gasteiger partial charge < -0.3 is 20.3 Å². The first kappa shape index (κ1) is 19.5. The number of hydrogen-bond acceptors (Lipinski definition) is 7. The molecule has 29 heavy (non-hydrogen) atoms. The fraction of sp³-hybridized carbons (Fsp3) is 0.400. The summed E-state index contributed by atoms with van der Waals surface area (Å²) in [4.78, 5) is 33.1. The van der Waals surface area contributed by atoms with E-state index in [4.69, 9.17) is 10.5 Å². The molecule has 0 aliphatic carbocycles. The number of aromatic nitrogens is 1. The van der Waals surface area contributed by atoms with Crippen LogP contribution in [0.3, 0.4) is 0 Å². The van der Waals surface area contributed by atoms with Crippen molar-refractivity contribution in [1.82, 2.24) is 9.88 Å². The molecule has 2 aromatic rings. The van der Waals surface area contributed by atoms with E-state index < -0.39 is 11.9 Å². The number of nitriles is 1. The zero-order valence-electron chi connectivity index (χ0n) is 15.8. The first-order valence-electron chi connectivity index (χ1n) is 9.40. The molecule has 1 atom stereocenters. The number of thioether (sulfide) groups is 1. The average Bonchev–Trinajstić information content (AvgIpc) is 3.22. The standard InChI is InChI=1S/C20H21N5O3S/c21-10-15-11-29-12-25(15)19(26)8-13-7-17(20(22)27)16-9-14(1-2-18(16)23-13)24-3-5-28-6-4-24/h1-2,7,9,15H,3-6,8,11-12H2,(H2,22,27)/t15-/m1/s1. The molecule has 9 heteroatoms. The number of rotatable bonds is 4. The number of anilines is 1. The highest BCUT2D eigenvalue weighted by Gasteiger charge is 2.29. The van der Waals surface area contributed by atoms with Gasteiger partial charge in [-0.15, -0.1) is 11.8 Å². The zero-order valence-corrected chi connectivity index (χ0v) is 16.7. The minimum absolute atomic E-state index is 0.0280. The van der Waals surface area contributed by atoms with Crippen LogP contribution in [0.1, 0.15) is 16.1 Å². The summed E-state index contributed by atoms with van der Waals surface area (Å²) in [6, 6.07) is 9.06. The largest absolute Gasteiger partial charge is 0.378 e. The van der Waals surface area contributed by atoms with E-state index >= 15 is 0 Å². The molecule has 1 aromatic heterocycles. The van der Waals surface area contributed by atoms with Gasteiger partial charge in [0.1, 0.15) is 6.04 Å². The van der Waals surface area contributed by atoms with Crippen molar-refractivity contribution in [3.8, 4) is 6.07 Å². The van der Waals surface area contributed by atoms with Gasteiger partial charge in [0.25, 0.3) is 0 Å². The van der Waals surface area contributed by atoms with E-state index in [1.807, 2.05) is 18.2 Å². The molecular formula is C20H21N5O3S. The van der Waals surface area contributed by atoms with Gasteiger partial charge in [-0.1, -0.05) is 0 Å². The molecular weight excluding hydrogens is 390 g/mol. The second-order valence-corrected chi connectivity index (χ2v) is 8.01. The van der Waals surface area contributed by atoms with Gasteiger partial charge in [0, 0.05) is 29.9 Å².